The number of anilines is 2. The number of hydrogen-bond acceptors (Lipinski definition) is 7. The van der Waals surface area contributed by atoms with Crippen LogP contribution in [0.15, 0.2) is 72.8 Å². The van der Waals surface area contributed by atoms with Crippen molar-refractivity contribution >= 4 is 28.3 Å². The van der Waals surface area contributed by atoms with E-state index in [-0.39, 0.29) is 0 Å². The van der Waals surface area contributed by atoms with Crippen molar-refractivity contribution in [2.45, 2.75) is 13.0 Å². The van der Waals surface area contributed by atoms with E-state index < -0.39 is 12.0 Å². The summed E-state index contributed by atoms with van der Waals surface area (Å²) in [6.45, 7) is 1.86. The lowest BCUT2D eigenvalue weighted by atomic mass is 10.1. The zero-order chi connectivity index (χ0) is 23.4. The van der Waals surface area contributed by atoms with Gasteiger partial charge in [-0.1, -0.05) is 42.5 Å². The van der Waals surface area contributed by atoms with Crippen LogP contribution in [0.4, 0.5) is 11.5 Å². The molecule has 0 aliphatic heterocycles. The number of fused-ring (bicyclic) bond motifs is 1. The number of methoxy groups -OCH3 is 1. The predicted octanol–water partition coefficient (Wildman–Crippen LogP) is 3.82. The van der Waals surface area contributed by atoms with Crippen molar-refractivity contribution < 1.29 is 14.3 Å². The highest BCUT2D eigenvalue weighted by Gasteiger charge is 2.24. The van der Waals surface area contributed by atoms with Crippen LogP contribution < -0.4 is 25.6 Å². The lowest BCUT2D eigenvalue weighted by Gasteiger charge is -2.24. The minimum Gasteiger partial charge on any atom is -0.493 e. The molecule has 0 saturated heterocycles. The Kier molecular flexibility index (Phi) is 6.37. The Morgan fingerprint density at radius 1 is 1.00 bits per heavy atom. The van der Waals surface area contributed by atoms with Gasteiger partial charge in [-0.3, -0.25) is 10.2 Å². The van der Waals surface area contributed by atoms with Crippen LogP contribution in [0.5, 0.6) is 11.5 Å². The van der Waals surface area contributed by atoms with Gasteiger partial charge in [-0.05, 0) is 31.2 Å². The molecule has 1 atom stereocenters. The second kappa shape index (κ2) is 9.54. The van der Waals surface area contributed by atoms with Crippen molar-refractivity contribution in [1.29, 1.82) is 0 Å². The number of carbonyl (C=O) groups excluding carboxylic acids is 1. The summed E-state index contributed by atoms with van der Waals surface area (Å²) < 4.78 is 11.6. The van der Waals surface area contributed by atoms with E-state index in [0.29, 0.717) is 22.9 Å². The molecule has 0 aliphatic carbocycles. The maximum absolute atomic E-state index is 12.5. The Morgan fingerprint density at radius 2 is 1.73 bits per heavy atom. The molecule has 1 unspecified atom stereocenters. The van der Waals surface area contributed by atoms with E-state index in [1.165, 1.54) is 0 Å². The number of hydrogen-bond donors (Lipinski definition) is 2. The number of amides is 1. The van der Waals surface area contributed by atoms with Gasteiger partial charge in [0.05, 0.1) is 12.6 Å². The molecule has 168 valence electrons. The van der Waals surface area contributed by atoms with E-state index in [1.807, 2.05) is 73.5 Å². The Morgan fingerprint density at radius 3 is 2.45 bits per heavy atom. The zero-order valence-corrected chi connectivity index (χ0v) is 18.6. The lowest BCUT2D eigenvalue weighted by molar-refractivity contribution is -0.128. The van der Waals surface area contributed by atoms with Crippen molar-refractivity contribution in [2.75, 3.05) is 19.1 Å². The Hall–Kier alpha value is -4.17. The van der Waals surface area contributed by atoms with Gasteiger partial charge in [0.2, 0.25) is 6.10 Å². The van der Waals surface area contributed by atoms with E-state index in [4.69, 9.17) is 15.3 Å². The molecule has 0 bridgehead atoms. The minimum absolute atomic E-state index is 0.398. The monoisotopic (exact) mass is 443 g/mol. The average Bonchev–Trinajstić information content (AvgIpc) is 2.86. The Bertz CT molecular complexity index is 1280. The average molecular weight is 444 g/mol. The van der Waals surface area contributed by atoms with Gasteiger partial charge in [0.1, 0.15) is 11.6 Å². The van der Waals surface area contributed by atoms with Gasteiger partial charge in [-0.2, -0.15) is 0 Å². The van der Waals surface area contributed by atoms with Crippen molar-refractivity contribution in [3.8, 4) is 11.5 Å². The summed E-state index contributed by atoms with van der Waals surface area (Å²) in [4.78, 5) is 23.6. The number of ether oxygens (including phenoxy) is 2. The topological polar surface area (TPSA) is 103 Å². The number of nitrogens with zero attached hydrogens (tertiary/aromatic N) is 3. The predicted molar refractivity (Wildman–Crippen MR) is 127 cm³/mol. The summed E-state index contributed by atoms with van der Waals surface area (Å²) in [5.41, 5.74) is 4.51. The summed E-state index contributed by atoms with van der Waals surface area (Å²) in [5.74, 6) is 7.26. The van der Waals surface area contributed by atoms with Gasteiger partial charge in [0.15, 0.2) is 11.5 Å². The molecule has 0 spiro atoms. The number of hydrazine groups is 1. The normalized spacial score (nSPS) is 11.6. The summed E-state index contributed by atoms with van der Waals surface area (Å²) >= 11 is 0. The highest BCUT2D eigenvalue weighted by molar-refractivity contribution is 5.91. The summed E-state index contributed by atoms with van der Waals surface area (Å²) in [6.07, 6.45) is -0.951. The molecule has 1 aromatic heterocycles. The fourth-order valence-corrected chi connectivity index (χ4v) is 3.62. The van der Waals surface area contributed by atoms with Gasteiger partial charge in [0, 0.05) is 29.8 Å². The van der Waals surface area contributed by atoms with Crippen molar-refractivity contribution in [1.82, 2.24) is 15.4 Å². The molecule has 3 aromatic carbocycles. The molecule has 33 heavy (non-hydrogen) atoms. The fraction of sp³-hybridized carbons (Fsp3) is 0.160. The van der Waals surface area contributed by atoms with Crippen molar-refractivity contribution in [3.05, 3.63) is 84.2 Å². The van der Waals surface area contributed by atoms with Crippen molar-refractivity contribution in [2.24, 2.45) is 5.84 Å². The van der Waals surface area contributed by atoms with E-state index in [0.717, 1.165) is 22.4 Å². The molecule has 0 saturated carbocycles. The summed E-state index contributed by atoms with van der Waals surface area (Å²) in [5, 5.41) is 0.925. The first-order valence-electron chi connectivity index (χ1n) is 10.4. The maximum atomic E-state index is 12.5. The van der Waals surface area contributed by atoms with Crippen LogP contribution in [0.25, 0.3) is 10.9 Å². The molecule has 4 aromatic rings. The Labute approximate surface area is 191 Å². The van der Waals surface area contributed by atoms with Gasteiger partial charge >= 0.3 is 0 Å². The molecule has 4 rings (SSSR count). The van der Waals surface area contributed by atoms with Crippen molar-refractivity contribution in [3.63, 3.8) is 0 Å². The molecule has 0 radical (unpaired) electrons. The third kappa shape index (κ3) is 4.56. The van der Waals surface area contributed by atoms with Crippen LogP contribution in [0.2, 0.25) is 0 Å². The third-order valence-electron chi connectivity index (χ3n) is 5.27. The molecule has 8 heteroatoms. The molecular formula is C25H25N5O3. The number of nitrogens with one attached hydrogen (secondary N) is 1. The number of benzene rings is 3. The van der Waals surface area contributed by atoms with Gasteiger partial charge < -0.3 is 14.4 Å². The Balaban J connectivity index is 1.75. The van der Waals surface area contributed by atoms with Crippen LogP contribution in [0.1, 0.15) is 17.5 Å². The highest BCUT2D eigenvalue weighted by atomic mass is 16.5. The van der Waals surface area contributed by atoms with Crippen LogP contribution in [0.3, 0.4) is 0 Å². The number of para-hydroxylation sites is 1. The molecule has 1 heterocycles. The van der Waals surface area contributed by atoms with Gasteiger partial charge in [0.25, 0.3) is 5.91 Å². The molecule has 3 N–H and O–H groups in total. The smallest absolute Gasteiger partial charge is 0.279 e. The van der Waals surface area contributed by atoms with Crippen LogP contribution in [0, 0.1) is 6.92 Å². The van der Waals surface area contributed by atoms with E-state index in [1.54, 1.807) is 25.3 Å². The fourth-order valence-electron chi connectivity index (χ4n) is 3.62. The first kappa shape index (κ1) is 22.0. The molecular weight excluding hydrogens is 418 g/mol. The van der Waals surface area contributed by atoms with E-state index >= 15 is 0 Å². The number of aromatic nitrogens is 2. The zero-order valence-electron chi connectivity index (χ0n) is 18.6. The molecule has 0 aliphatic rings. The summed E-state index contributed by atoms with van der Waals surface area (Å²) in [7, 11) is 3.47. The van der Waals surface area contributed by atoms with Crippen LogP contribution in [-0.4, -0.2) is 30.0 Å². The molecule has 8 nitrogen and oxygen atoms in total. The van der Waals surface area contributed by atoms with Crippen LogP contribution in [-0.2, 0) is 4.79 Å². The quantitative estimate of drug-likeness (QED) is 0.254. The van der Waals surface area contributed by atoms with Gasteiger partial charge in [-0.15, -0.1) is 0 Å². The second-order valence-electron chi connectivity index (χ2n) is 7.42. The SMILES string of the molecule is COc1ccc(N(C)c2nc(C)nc3ccccc23)cc1OC(C(=O)NN)c1ccccc1. The number of carbonyl (C=O) groups is 1. The lowest BCUT2D eigenvalue weighted by Crippen LogP contribution is -2.37. The number of aryl methyl sites for hydroxylation is 1. The van der Waals surface area contributed by atoms with E-state index in [9.17, 15) is 4.79 Å². The largest absolute Gasteiger partial charge is 0.493 e. The van der Waals surface area contributed by atoms with Crippen LogP contribution >= 0.6 is 0 Å². The third-order valence-corrected chi connectivity index (χ3v) is 5.27. The number of rotatable bonds is 7. The highest BCUT2D eigenvalue weighted by Crippen LogP contribution is 2.37. The number of nitrogens with two attached hydrogens (primary N) is 1. The van der Waals surface area contributed by atoms with Gasteiger partial charge in [-0.25, -0.2) is 15.8 Å². The first-order valence-corrected chi connectivity index (χ1v) is 10.4. The first-order chi connectivity index (χ1) is 16.0. The maximum Gasteiger partial charge on any atom is 0.279 e. The summed E-state index contributed by atoms with van der Waals surface area (Å²) in [6, 6.07) is 22.5. The molecule has 1 amide bonds. The standard InChI is InChI=1S/C25H25N5O3/c1-16-27-20-12-8-7-11-19(20)24(28-16)30(2)18-13-14-21(32-3)22(15-18)33-23(25(31)29-26)17-9-5-4-6-10-17/h4-15,23H,26H2,1-3H3,(H,29,31). The second-order valence-corrected chi connectivity index (χ2v) is 7.42. The van der Waals surface area contributed by atoms with E-state index in [2.05, 4.69) is 15.4 Å². The molecule has 0 fully saturated rings. The minimum atomic E-state index is -0.951.